The molecule has 158 valence electrons. The number of halogens is 1. The molecule has 3 rings (SSSR count). The summed E-state index contributed by atoms with van der Waals surface area (Å²) in [5, 5.41) is 3.39. The van der Waals surface area contributed by atoms with E-state index in [2.05, 4.69) is 33.0 Å². The summed E-state index contributed by atoms with van der Waals surface area (Å²) in [5.74, 6) is -1.48. The molecule has 3 aromatic rings. The summed E-state index contributed by atoms with van der Waals surface area (Å²) in [4.78, 5) is 25.0. The molecule has 0 aliphatic heterocycles. The van der Waals surface area contributed by atoms with Crippen molar-refractivity contribution < 1.29 is 23.1 Å². The van der Waals surface area contributed by atoms with Crippen molar-refractivity contribution in [2.24, 2.45) is 0 Å². The highest BCUT2D eigenvalue weighted by molar-refractivity contribution is 5.98. The zero-order valence-electron chi connectivity index (χ0n) is 17.8. The van der Waals surface area contributed by atoms with Gasteiger partial charge in [-0.15, -0.1) is 0 Å². The monoisotopic (exact) mass is 411 g/mol. The molecule has 1 aromatic heterocycles. The van der Waals surface area contributed by atoms with E-state index in [1.807, 2.05) is 18.2 Å². The lowest BCUT2D eigenvalue weighted by Crippen LogP contribution is -2.22. The molecule has 5 nitrogen and oxygen atoms in total. The second-order valence-electron chi connectivity index (χ2n) is 7.92. The molecule has 0 fully saturated rings. The average Bonchev–Trinajstić information content (AvgIpc) is 3.04. The first-order valence-electron chi connectivity index (χ1n) is 9.98. The van der Waals surface area contributed by atoms with Gasteiger partial charge in [0.05, 0.1) is 0 Å². The van der Waals surface area contributed by atoms with Crippen molar-refractivity contribution in [1.82, 2.24) is 0 Å². The van der Waals surface area contributed by atoms with Crippen LogP contribution in [0.2, 0.25) is 0 Å². The molecule has 0 atom stereocenters. The summed E-state index contributed by atoms with van der Waals surface area (Å²) in [6.07, 6.45) is 0. The Morgan fingerprint density at radius 2 is 1.63 bits per heavy atom. The van der Waals surface area contributed by atoms with E-state index in [4.69, 9.17) is 9.15 Å². The zero-order chi connectivity index (χ0) is 22.0. The standard InChI is InChI=1S/C24H26FNO4/c1-13(2)16-8-6-9-17(14(3)4)21(16)26-20(27)12-29-24(28)22-15(5)18-10-7-11-19(25)23(18)30-22/h6-11,13-14H,12H2,1-5H3,(H,26,27). The van der Waals surface area contributed by atoms with Gasteiger partial charge in [-0.25, -0.2) is 9.18 Å². The van der Waals surface area contributed by atoms with E-state index in [1.54, 1.807) is 19.1 Å². The fourth-order valence-corrected chi connectivity index (χ4v) is 3.47. The number of ether oxygens (including phenoxy) is 1. The predicted octanol–water partition coefficient (Wildman–Crippen LogP) is 5.92. The van der Waals surface area contributed by atoms with Crippen molar-refractivity contribution in [3.8, 4) is 0 Å². The zero-order valence-corrected chi connectivity index (χ0v) is 17.8. The highest BCUT2D eigenvalue weighted by atomic mass is 19.1. The fourth-order valence-electron chi connectivity index (χ4n) is 3.47. The van der Waals surface area contributed by atoms with E-state index in [1.165, 1.54) is 6.07 Å². The van der Waals surface area contributed by atoms with Crippen LogP contribution in [0.5, 0.6) is 0 Å². The molecular formula is C24H26FNO4. The minimum absolute atomic E-state index is 0.00108. The van der Waals surface area contributed by atoms with Crippen LogP contribution in [0.1, 0.15) is 66.8 Å². The number of anilines is 1. The quantitative estimate of drug-likeness (QED) is 0.511. The summed E-state index contributed by atoms with van der Waals surface area (Å²) < 4.78 is 24.4. The van der Waals surface area contributed by atoms with Gasteiger partial charge in [0.2, 0.25) is 5.76 Å². The average molecular weight is 411 g/mol. The molecule has 0 unspecified atom stereocenters. The lowest BCUT2D eigenvalue weighted by Gasteiger charge is -2.20. The Balaban J connectivity index is 1.75. The largest absolute Gasteiger partial charge is 0.450 e. The normalized spacial score (nSPS) is 11.3. The van der Waals surface area contributed by atoms with Crippen molar-refractivity contribution in [3.05, 3.63) is 64.7 Å². The number of para-hydroxylation sites is 2. The smallest absolute Gasteiger partial charge is 0.375 e. The maximum absolute atomic E-state index is 13.9. The van der Waals surface area contributed by atoms with Crippen LogP contribution in [0.4, 0.5) is 10.1 Å². The molecule has 0 saturated heterocycles. The van der Waals surface area contributed by atoms with E-state index in [-0.39, 0.29) is 23.2 Å². The second-order valence-corrected chi connectivity index (χ2v) is 7.92. The van der Waals surface area contributed by atoms with Crippen LogP contribution in [-0.4, -0.2) is 18.5 Å². The minimum atomic E-state index is -0.806. The van der Waals surface area contributed by atoms with Gasteiger partial charge in [-0.1, -0.05) is 58.0 Å². The van der Waals surface area contributed by atoms with Crippen LogP contribution in [0.25, 0.3) is 11.0 Å². The maximum Gasteiger partial charge on any atom is 0.375 e. The number of benzene rings is 2. The number of fused-ring (bicyclic) bond motifs is 1. The van der Waals surface area contributed by atoms with Gasteiger partial charge in [-0.2, -0.15) is 0 Å². The Labute approximate surface area is 175 Å². The molecule has 0 radical (unpaired) electrons. The van der Waals surface area contributed by atoms with Crippen LogP contribution in [0.3, 0.4) is 0 Å². The van der Waals surface area contributed by atoms with E-state index in [0.717, 1.165) is 16.8 Å². The van der Waals surface area contributed by atoms with Crippen molar-refractivity contribution in [2.75, 3.05) is 11.9 Å². The maximum atomic E-state index is 13.9. The number of amides is 1. The number of carbonyl (C=O) groups is 2. The molecule has 30 heavy (non-hydrogen) atoms. The van der Waals surface area contributed by atoms with E-state index in [9.17, 15) is 14.0 Å². The van der Waals surface area contributed by atoms with Crippen LogP contribution in [-0.2, 0) is 9.53 Å². The molecular weight excluding hydrogens is 385 g/mol. The summed E-state index contributed by atoms with van der Waals surface area (Å²) >= 11 is 0. The molecule has 1 N–H and O–H groups in total. The Bertz CT molecular complexity index is 1070. The van der Waals surface area contributed by atoms with Crippen molar-refractivity contribution in [3.63, 3.8) is 0 Å². The first-order valence-corrected chi connectivity index (χ1v) is 9.98. The second kappa shape index (κ2) is 8.69. The van der Waals surface area contributed by atoms with Gasteiger partial charge in [0.15, 0.2) is 18.0 Å². The van der Waals surface area contributed by atoms with E-state index in [0.29, 0.717) is 10.9 Å². The molecule has 0 saturated carbocycles. The third kappa shape index (κ3) is 4.22. The van der Waals surface area contributed by atoms with Gasteiger partial charge in [0.25, 0.3) is 5.91 Å². The molecule has 0 aliphatic rings. The predicted molar refractivity (Wildman–Crippen MR) is 114 cm³/mol. The molecule has 1 heterocycles. The van der Waals surface area contributed by atoms with Gasteiger partial charge in [0, 0.05) is 16.6 Å². The minimum Gasteiger partial charge on any atom is -0.450 e. The highest BCUT2D eigenvalue weighted by Gasteiger charge is 2.22. The van der Waals surface area contributed by atoms with Crippen LogP contribution >= 0.6 is 0 Å². The summed E-state index contributed by atoms with van der Waals surface area (Å²) in [5.41, 5.74) is 3.26. The number of rotatable bonds is 6. The number of furan rings is 1. The van der Waals surface area contributed by atoms with Gasteiger partial charge in [-0.05, 0) is 36.0 Å². The number of nitrogens with one attached hydrogen (secondary N) is 1. The van der Waals surface area contributed by atoms with Gasteiger partial charge in [-0.3, -0.25) is 4.79 Å². The Kier molecular flexibility index (Phi) is 6.25. The molecule has 2 aromatic carbocycles. The van der Waals surface area contributed by atoms with Crippen molar-refractivity contribution >= 4 is 28.5 Å². The summed E-state index contributed by atoms with van der Waals surface area (Å²) in [7, 11) is 0. The summed E-state index contributed by atoms with van der Waals surface area (Å²) in [6, 6.07) is 10.4. The first-order chi connectivity index (χ1) is 14.2. The number of hydrogen-bond acceptors (Lipinski definition) is 4. The number of carbonyl (C=O) groups excluding carboxylic acids is 2. The van der Waals surface area contributed by atoms with Crippen LogP contribution in [0.15, 0.2) is 40.8 Å². The highest BCUT2D eigenvalue weighted by Crippen LogP contribution is 2.32. The van der Waals surface area contributed by atoms with Gasteiger partial charge < -0.3 is 14.5 Å². The van der Waals surface area contributed by atoms with Crippen molar-refractivity contribution in [2.45, 2.75) is 46.5 Å². The topological polar surface area (TPSA) is 68.5 Å². The molecule has 0 spiro atoms. The third-order valence-electron chi connectivity index (χ3n) is 5.07. The summed E-state index contributed by atoms with van der Waals surface area (Å²) in [6.45, 7) is 9.39. The third-order valence-corrected chi connectivity index (χ3v) is 5.07. The molecule has 1 amide bonds. The molecule has 0 bridgehead atoms. The van der Waals surface area contributed by atoms with Gasteiger partial charge in [0.1, 0.15) is 0 Å². The van der Waals surface area contributed by atoms with Gasteiger partial charge >= 0.3 is 5.97 Å². The fraction of sp³-hybridized carbons (Fsp3) is 0.333. The number of esters is 1. The molecule has 6 heteroatoms. The Morgan fingerprint density at radius 3 is 2.20 bits per heavy atom. The van der Waals surface area contributed by atoms with Crippen molar-refractivity contribution in [1.29, 1.82) is 0 Å². The lowest BCUT2D eigenvalue weighted by atomic mass is 9.92. The van der Waals surface area contributed by atoms with Crippen LogP contribution in [0, 0.1) is 12.7 Å². The molecule has 0 aliphatic carbocycles. The SMILES string of the molecule is Cc1c(C(=O)OCC(=O)Nc2c(C(C)C)cccc2C(C)C)oc2c(F)cccc12. The van der Waals surface area contributed by atoms with E-state index < -0.39 is 24.3 Å². The Morgan fingerprint density at radius 1 is 1.03 bits per heavy atom. The number of aryl methyl sites for hydroxylation is 1. The number of hydrogen-bond donors (Lipinski definition) is 1. The van der Waals surface area contributed by atoms with E-state index >= 15 is 0 Å². The first kappa shape index (κ1) is 21.6. The Hall–Kier alpha value is -3.15. The van der Waals surface area contributed by atoms with Crippen LogP contribution < -0.4 is 5.32 Å². The lowest BCUT2D eigenvalue weighted by molar-refractivity contribution is -0.119.